The third-order valence-corrected chi connectivity index (χ3v) is 22.9. The van der Waals surface area contributed by atoms with Crippen molar-refractivity contribution in [3.8, 4) is 90.0 Å². The number of aromatic nitrogens is 5. The number of nitrogens with zero attached hydrogens (tertiary/aromatic N) is 5. The Morgan fingerprint density at radius 2 is 0.990 bits per heavy atom. The van der Waals surface area contributed by atoms with Crippen LogP contribution in [0.4, 0.5) is 0 Å². The number of rotatable bonds is 11. The van der Waals surface area contributed by atoms with Crippen LogP contribution in [0.5, 0.6) is 11.5 Å². The number of fused-ring (bicyclic) bond motifs is 13. The second-order valence-corrected chi connectivity index (χ2v) is 29.2. The van der Waals surface area contributed by atoms with Gasteiger partial charge in [-0.05, 0) is 172 Å². The molecule has 1 aliphatic heterocycles. The van der Waals surface area contributed by atoms with E-state index in [4.69, 9.17) is 13.8 Å². The number of imidazole rings is 1. The predicted octanol–water partition coefficient (Wildman–Crippen LogP) is 20.6. The molecule has 0 bridgehead atoms. The maximum Gasteiger partial charge on any atom is 0.268 e. The van der Waals surface area contributed by atoms with Gasteiger partial charge in [0.05, 0.1) is 70.5 Å². The molecule has 5 heterocycles. The van der Waals surface area contributed by atoms with Crippen LogP contribution < -0.4 is 30.1 Å². The molecule has 0 atom stereocenters. The molecule has 14 aromatic carbocycles. The molecule has 0 fully saturated rings. The van der Waals surface area contributed by atoms with Gasteiger partial charge in [-0.2, -0.15) is 18.2 Å². The van der Waals surface area contributed by atoms with Crippen LogP contribution in [0.1, 0.15) is 82.7 Å². The third kappa shape index (κ3) is 10.4. The van der Waals surface area contributed by atoms with Crippen molar-refractivity contribution in [2.45, 2.75) is 39.9 Å². The van der Waals surface area contributed by atoms with Crippen molar-refractivity contribution in [2.24, 2.45) is 0 Å². The monoisotopic (exact) mass is 1560 g/mol. The molecular formula is C96H69N5OPtSi-2. The first-order valence-corrected chi connectivity index (χ1v) is 34.7. The number of para-hydroxylation sites is 3. The molecule has 1 aliphatic rings. The summed E-state index contributed by atoms with van der Waals surface area (Å²) in [6.45, 7) is -0.0280. The fraction of sp³-hybridized carbons (Fsp3) is 0.0625. The number of hydrogen-bond donors (Lipinski definition) is 0. The molecule has 19 rings (SSSR count). The summed E-state index contributed by atoms with van der Waals surface area (Å²) in [4.78, 5) is 4.86. The first-order valence-electron chi connectivity index (χ1n) is 49.2. The average molecular weight is 1570 g/mol. The van der Waals surface area contributed by atoms with E-state index in [2.05, 4.69) is 39.2 Å². The molecule has 104 heavy (non-hydrogen) atoms. The number of hydrogen-bond acceptors (Lipinski definition) is 2. The summed E-state index contributed by atoms with van der Waals surface area (Å²) < 4.78 is 335. The van der Waals surface area contributed by atoms with Gasteiger partial charge in [0.25, 0.3) is 6.33 Å². The Morgan fingerprint density at radius 1 is 0.452 bits per heavy atom. The van der Waals surface area contributed by atoms with E-state index in [0.29, 0.717) is 33.1 Å². The molecule has 0 amide bonds. The molecule has 18 aromatic rings. The molecule has 0 spiro atoms. The molecule has 8 heteroatoms. The number of benzene rings is 14. The van der Waals surface area contributed by atoms with Gasteiger partial charge in [-0.15, -0.1) is 29.7 Å². The molecular weight excluding hydrogens is 1460 g/mol. The van der Waals surface area contributed by atoms with Gasteiger partial charge in [-0.3, -0.25) is 4.57 Å². The summed E-state index contributed by atoms with van der Waals surface area (Å²) in [5.41, 5.74) is -4.37. The summed E-state index contributed by atoms with van der Waals surface area (Å²) in [6, 6.07) is 18.6. The van der Waals surface area contributed by atoms with Crippen molar-refractivity contribution in [3.05, 3.63) is 362 Å². The Morgan fingerprint density at radius 3 is 1.61 bits per heavy atom. The third-order valence-electron chi connectivity index (χ3n) is 18.9. The largest absolute Gasteiger partial charge is 0.510 e. The van der Waals surface area contributed by atoms with Crippen LogP contribution in [0.2, 0.25) is 0 Å². The Kier molecular flexibility index (Phi) is 9.27. The second-order valence-electron chi connectivity index (χ2n) is 25.7. The summed E-state index contributed by atoms with van der Waals surface area (Å²) >= 11 is 0. The van der Waals surface area contributed by atoms with Crippen LogP contribution in [0.3, 0.4) is 0 Å². The summed E-state index contributed by atoms with van der Waals surface area (Å²) in [7, 11) is -6.64. The van der Waals surface area contributed by atoms with E-state index in [1.165, 1.54) is 51.6 Å². The zero-order valence-corrected chi connectivity index (χ0v) is 58.3. The first-order chi connectivity index (χ1) is 64.2. The Labute approximate surface area is 667 Å². The van der Waals surface area contributed by atoms with Crippen LogP contribution in [-0.4, -0.2) is 26.8 Å². The van der Waals surface area contributed by atoms with E-state index in [0.717, 1.165) is 27.9 Å². The van der Waals surface area contributed by atoms with Crippen LogP contribution in [0.25, 0.3) is 133 Å². The van der Waals surface area contributed by atoms with Crippen LogP contribution >= 0.6 is 0 Å². The van der Waals surface area contributed by atoms with Crippen LogP contribution in [0.15, 0.2) is 327 Å². The zero-order chi connectivity index (χ0) is 97.6. The van der Waals surface area contributed by atoms with Gasteiger partial charge in [-0.25, -0.2) is 4.98 Å². The SMILES string of the molecule is [2H]c1c([2H])c([2H])c([Si](c2c([2H])c([2H])c([2H])c([2H])c2[2H])(c2c([2H])c([2H])c([2H])c([2H])c2[2H])c2c([2H])c([2H])c([2H])c(-c3cc4c5c(c3)n(-c3[c-]c(Oc6[c-]c7c(cc6)c6ccccc6n7-c6cc(C(C)(C)C)ccn6)ccc3)[c-][n+]5-c3c(cc(-c5c(C([2H])([2H])[2H])cccc5C([2H])([2H])[2H])cc3-n3c5ccccc5c5ccccc53)-c3c([2H])c([2H])c([2H])c([2H])c3-c3c([2H])c([2H])c([2H])c([2H])c3-4)c2[2H])c([2H])c1[2H].[Pt]. The quantitative estimate of drug-likeness (QED) is 0.0560. The number of ether oxygens (including phenoxy) is 1. The molecule has 500 valence electrons. The normalized spacial score (nSPS) is 16.7. The summed E-state index contributed by atoms with van der Waals surface area (Å²) in [5, 5.41) is -1.88. The molecule has 0 radical (unpaired) electrons. The van der Waals surface area contributed by atoms with E-state index < -0.39 is 256 Å². The van der Waals surface area contributed by atoms with Crippen molar-refractivity contribution >= 4 is 83.5 Å². The maximum atomic E-state index is 11.3. The van der Waals surface area contributed by atoms with Crippen molar-refractivity contribution < 1.29 is 75.6 Å². The minimum atomic E-state index is -6.64. The van der Waals surface area contributed by atoms with Gasteiger partial charge >= 0.3 is 0 Å². The molecule has 0 saturated heterocycles. The zero-order valence-electron chi connectivity index (χ0n) is 88.0. The fourth-order valence-corrected chi connectivity index (χ4v) is 17.9. The number of pyridine rings is 1. The van der Waals surface area contributed by atoms with Gasteiger partial charge in [0.1, 0.15) is 5.82 Å². The summed E-state index contributed by atoms with van der Waals surface area (Å²) in [6.07, 6.45) is 5.23. The Bertz CT molecular complexity index is 8060. The predicted molar refractivity (Wildman–Crippen MR) is 427 cm³/mol. The second kappa shape index (κ2) is 25.5. The minimum absolute atomic E-state index is 0. The topological polar surface area (TPSA) is 40.8 Å². The van der Waals surface area contributed by atoms with Gasteiger partial charge in [0, 0.05) is 63.3 Å². The van der Waals surface area contributed by atoms with E-state index in [1.807, 2.05) is 59.2 Å². The van der Waals surface area contributed by atoms with Crippen LogP contribution in [0, 0.1) is 32.2 Å². The van der Waals surface area contributed by atoms with Crippen molar-refractivity contribution in [2.75, 3.05) is 0 Å². The van der Waals surface area contributed by atoms with Gasteiger partial charge < -0.3 is 18.4 Å². The maximum absolute atomic E-state index is 11.3. The minimum Gasteiger partial charge on any atom is -0.510 e. The fourth-order valence-electron chi connectivity index (χ4n) is 14.4. The number of aryl methyl sites for hydroxylation is 2. The first kappa shape index (κ1) is 37.8. The van der Waals surface area contributed by atoms with Crippen LogP contribution in [-0.2, 0) is 26.5 Å². The molecule has 0 N–H and O–H groups in total. The van der Waals surface area contributed by atoms with E-state index >= 15 is 0 Å². The molecule has 0 saturated carbocycles. The Balaban J connectivity index is 0.0000125. The standard InChI is InChI=1S/C96H69N5OSi.Pt/c1-63-28-25-29-64(2)93(63)67-56-85-79-43-18-16-41-77(79)76-40-15-17-42-78(76)84-55-66(65-30-26-39-75(54-65)103(72-33-9-6-10-34-72,73-35-11-7-12-36-73)74-37-13-8-14-38-74)57-90-94(84)99(95(85)91(58-67)100-86-47-22-19-44-80(86)81-45-20-23-48-87(81)100)62-98(90)69-31-27-32-70(60-69)102-71-50-51-83-82-46-21-24-49-88(82)101(89(83)61-71)92-59-68(52-53-97-92)96(3,4)5;/h6-59H,1-5H3;/q-2;/i1D3,2D3,6D,7D,8D,9D,10D,11D,12D,13D,14D,15D,16D,17D,18D,26D,30D,33D,34D,35D,36D,37D,38D,39D,40D,41D,42D,43D,54D;. The van der Waals surface area contributed by atoms with Gasteiger partial charge in [0.2, 0.25) is 0 Å². The molecule has 6 nitrogen and oxygen atoms in total. The van der Waals surface area contributed by atoms with Crippen molar-refractivity contribution in [3.63, 3.8) is 0 Å². The van der Waals surface area contributed by atoms with E-state index in [1.54, 1.807) is 65.4 Å². The van der Waals surface area contributed by atoms with E-state index in [-0.39, 0.29) is 82.8 Å². The smallest absolute Gasteiger partial charge is 0.268 e. The van der Waals surface area contributed by atoms with Crippen molar-refractivity contribution in [1.29, 1.82) is 0 Å². The summed E-state index contributed by atoms with van der Waals surface area (Å²) in [5.74, 6) is 0.633. The van der Waals surface area contributed by atoms with E-state index in [9.17, 15) is 41.1 Å². The molecule has 0 aliphatic carbocycles. The van der Waals surface area contributed by atoms with Crippen molar-refractivity contribution in [1.82, 2.24) is 18.7 Å². The molecule has 0 unspecified atom stereocenters. The average Bonchev–Trinajstić information content (AvgIpc) is 1.66. The molecule has 4 aromatic heterocycles. The van der Waals surface area contributed by atoms with Gasteiger partial charge in [0.15, 0.2) is 8.07 Å². The van der Waals surface area contributed by atoms with Gasteiger partial charge in [-0.1, -0.05) is 268 Å². The Hall–Kier alpha value is -12.0.